The molecule has 0 aromatic heterocycles. The number of fused-ring (bicyclic) bond motifs is 4. The molecule has 15 atom stereocenters. The lowest BCUT2D eigenvalue weighted by Crippen LogP contribution is -2.68. The number of ether oxygens (including phenoxy) is 4. The van der Waals surface area contributed by atoms with Gasteiger partial charge in [-0.1, -0.05) is 52.8 Å². The van der Waals surface area contributed by atoms with Crippen LogP contribution in [-0.4, -0.2) is 88.0 Å². The van der Waals surface area contributed by atoms with Crippen molar-refractivity contribution in [2.75, 3.05) is 6.61 Å². The van der Waals surface area contributed by atoms with Gasteiger partial charge in [-0.15, -0.1) is 0 Å². The Morgan fingerprint density at radius 2 is 1.66 bits per heavy atom. The molecule has 0 radical (unpaired) electrons. The van der Waals surface area contributed by atoms with Gasteiger partial charge in [0.2, 0.25) is 0 Å². The molecule has 0 amide bonds. The van der Waals surface area contributed by atoms with E-state index in [9.17, 15) is 30.0 Å². The lowest BCUT2D eigenvalue weighted by molar-refractivity contribution is -0.335. The van der Waals surface area contributed by atoms with Crippen molar-refractivity contribution in [2.24, 2.45) is 45.3 Å². The van der Waals surface area contributed by atoms with E-state index in [1.165, 1.54) is 19.4 Å². The second-order valence-corrected chi connectivity index (χ2v) is 16.8. The first-order valence-electron chi connectivity index (χ1n) is 17.6. The fourth-order valence-corrected chi connectivity index (χ4v) is 12.0. The molecule has 5 fully saturated rings. The largest absolute Gasteiger partial charge is 0.463 e. The van der Waals surface area contributed by atoms with Crippen LogP contribution in [0.25, 0.3) is 0 Å². The van der Waals surface area contributed by atoms with Crippen LogP contribution >= 0.6 is 0 Å². The molecule has 5 aliphatic carbocycles. The molecule has 4 saturated carbocycles. The van der Waals surface area contributed by atoms with E-state index in [1.807, 2.05) is 0 Å². The Kier molecular flexibility index (Phi) is 8.87. The molecular weight excluding hydrogens is 604 g/mol. The summed E-state index contributed by atoms with van der Waals surface area (Å²) in [5.74, 6) is -0.0818. The van der Waals surface area contributed by atoms with Crippen molar-refractivity contribution in [1.82, 2.24) is 0 Å². The molecule has 6 aliphatic rings. The van der Waals surface area contributed by atoms with E-state index in [2.05, 4.69) is 47.3 Å². The highest BCUT2D eigenvalue weighted by molar-refractivity contribution is 5.66. The minimum Gasteiger partial charge on any atom is -0.463 e. The first kappa shape index (κ1) is 35.0. The van der Waals surface area contributed by atoms with Crippen LogP contribution in [0.1, 0.15) is 93.4 Å². The molecule has 4 N–H and O–H groups in total. The second kappa shape index (κ2) is 11.9. The van der Waals surface area contributed by atoms with Gasteiger partial charge >= 0.3 is 11.9 Å². The van der Waals surface area contributed by atoms with Crippen LogP contribution in [0, 0.1) is 45.3 Å². The van der Waals surface area contributed by atoms with E-state index < -0.39 is 54.3 Å². The Hall–Kier alpha value is -1.82. The highest BCUT2D eigenvalue weighted by atomic mass is 16.7. The summed E-state index contributed by atoms with van der Waals surface area (Å²) in [6.45, 7) is 17.9. The van der Waals surface area contributed by atoms with Crippen molar-refractivity contribution >= 4 is 11.9 Å². The van der Waals surface area contributed by atoms with E-state index in [0.717, 1.165) is 37.7 Å². The zero-order chi connectivity index (χ0) is 34.4. The number of rotatable bonds is 5. The summed E-state index contributed by atoms with van der Waals surface area (Å²) < 4.78 is 24.1. The van der Waals surface area contributed by atoms with Crippen LogP contribution in [0.15, 0.2) is 23.8 Å². The lowest BCUT2D eigenvalue weighted by Gasteiger charge is -2.70. The Morgan fingerprint density at radius 3 is 2.32 bits per heavy atom. The van der Waals surface area contributed by atoms with Crippen LogP contribution < -0.4 is 0 Å². The molecule has 1 saturated heterocycles. The maximum absolute atomic E-state index is 12.2. The molecule has 0 aromatic carbocycles. The zero-order valence-electron chi connectivity index (χ0n) is 29.1. The van der Waals surface area contributed by atoms with Gasteiger partial charge in [0.15, 0.2) is 6.29 Å². The SMILES string of the molecule is C=C1[C@@H](O)C[C@@]23CC[C@@H]4[C@@]5(C)CC[C@@H](OC(C)=O)C(C)(C)[C@@H]5C[C@@H](OC5OC(COC(C)=O)C(O)C(O)C5O)[C@@]4(C)C2=CC[C@H]3[C@H]1C. The van der Waals surface area contributed by atoms with Gasteiger partial charge in [0.25, 0.3) is 0 Å². The van der Waals surface area contributed by atoms with Crippen LogP contribution in [-0.2, 0) is 28.5 Å². The van der Waals surface area contributed by atoms with Gasteiger partial charge in [0, 0.05) is 24.7 Å². The van der Waals surface area contributed by atoms with Crippen LogP contribution in [0.4, 0.5) is 0 Å². The van der Waals surface area contributed by atoms with Crippen molar-refractivity contribution in [3.63, 3.8) is 0 Å². The van der Waals surface area contributed by atoms with Gasteiger partial charge < -0.3 is 39.4 Å². The highest BCUT2D eigenvalue weighted by Gasteiger charge is 2.71. The molecule has 1 aliphatic heterocycles. The van der Waals surface area contributed by atoms with Gasteiger partial charge in [-0.2, -0.15) is 0 Å². The molecule has 1 heterocycles. The minimum absolute atomic E-state index is 0.0896. The van der Waals surface area contributed by atoms with Crippen LogP contribution in [0.3, 0.4) is 0 Å². The Labute approximate surface area is 278 Å². The number of hydrogen-bond donors (Lipinski definition) is 4. The number of esters is 2. The first-order chi connectivity index (χ1) is 21.9. The summed E-state index contributed by atoms with van der Waals surface area (Å²) in [7, 11) is 0. The van der Waals surface area contributed by atoms with E-state index in [0.29, 0.717) is 18.8 Å². The Balaban J connectivity index is 1.42. The minimum atomic E-state index is -1.57. The van der Waals surface area contributed by atoms with Gasteiger partial charge in [0.1, 0.15) is 37.1 Å². The zero-order valence-corrected chi connectivity index (χ0v) is 29.1. The number of aliphatic hydroxyl groups excluding tert-OH is 4. The van der Waals surface area contributed by atoms with Crippen LogP contribution in [0.2, 0.25) is 0 Å². The van der Waals surface area contributed by atoms with Gasteiger partial charge in [-0.05, 0) is 85.0 Å². The molecule has 0 bridgehead atoms. The third kappa shape index (κ3) is 5.18. The highest BCUT2D eigenvalue weighted by Crippen LogP contribution is 2.75. The molecule has 6 rings (SSSR count). The van der Waals surface area contributed by atoms with Gasteiger partial charge in [-0.25, -0.2) is 0 Å². The number of carbonyl (C=O) groups excluding carboxylic acids is 2. The monoisotopic (exact) mass is 660 g/mol. The summed E-state index contributed by atoms with van der Waals surface area (Å²) in [6, 6.07) is 0. The van der Waals surface area contributed by atoms with Crippen molar-refractivity contribution < 1.29 is 49.0 Å². The molecule has 264 valence electrons. The second-order valence-electron chi connectivity index (χ2n) is 16.8. The van der Waals surface area contributed by atoms with Crippen molar-refractivity contribution in [3.05, 3.63) is 23.8 Å². The molecule has 1 spiro atoms. The average molecular weight is 661 g/mol. The molecule has 0 aromatic rings. The fraction of sp³-hybridized carbons (Fsp3) is 0.838. The topological polar surface area (TPSA) is 152 Å². The van der Waals surface area contributed by atoms with Crippen molar-refractivity contribution in [3.8, 4) is 0 Å². The smallest absolute Gasteiger partial charge is 0.302 e. The number of carbonyl (C=O) groups is 2. The normalized spacial score (nSPS) is 50.3. The Morgan fingerprint density at radius 1 is 0.957 bits per heavy atom. The molecule has 10 nitrogen and oxygen atoms in total. The summed E-state index contributed by atoms with van der Waals surface area (Å²) in [5.41, 5.74) is 1.02. The predicted octanol–water partition coefficient (Wildman–Crippen LogP) is 3.83. The summed E-state index contributed by atoms with van der Waals surface area (Å²) in [6.07, 6.45) is -0.211. The lowest BCUT2D eigenvalue weighted by atomic mass is 9.36. The fourth-order valence-electron chi connectivity index (χ4n) is 12.0. The maximum Gasteiger partial charge on any atom is 0.302 e. The first-order valence-corrected chi connectivity index (χ1v) is 17.6. The Bertz CT molecular complexity index is 1310. The molecule has 10 heteroatoms. The third-order valence-corrected chi connectivity index (χ3v) is 14.3. The standard InChI is InChI=1S/C37H56O10/c1-18-19(2)23(40)16-37-14-11-25-35(7)13-12-28(45-21(4)39)34(5,6)27(35)15-29(36(25,8)26(37)10-9-22(18)37)47-33-32(43)31(42)30(41)24(46-33)17-44-20(3)38/h10,18,22-25,27-33,40-43H,2,9,11-17H2,1,3-8H3/t18-,22-,23-,24?,25+,27-,28+,29+,30?,31?,32?,33?,35+,36+,37+/m0/s1. The molecule has 47 heavy (non-hydrogen) atoms. The van der Waals surface area contributed by atoms with Crippen LogP contribution in [0.5, 0.6) is 0 Å². The summed E-state index contributed by atoms with van der Waals surface area (Å²) >= 11 is 0. The summed E-state index contributed by atoms with van der Waals surface area (Å²) in [5, 5.41) is 44.1. The molecule has 5 unspecified atom stereocenters. The van der Waals surface area contributed by atoms with Gasteiger partial charge in [-0.3, -0.25) is 9.59 Å². The van der Waals surface area contributed by atoms with Crippen molar-refractivity contribution in [1.29, 1.82) is 0 Å². The predicted molar refractivity (Wildman–Crippen MR) is 171 cm³/mol. The van der Waals surface area contributed by atoms with Gasteiger partial charge in [0.05, 0.1) is 12.2 Å². The van der Waals surface area contributed by atoms with E-state index >= 15 is 0 Å². The number of aliphatic hydroxyl groups is 4. The average Bonchev–Trinajstić information content (AvgIpc) is 3.38. The maximum atomic E-state index is 12.2. The van der Waals surface area contributed by atoms with Crippen molar-refractivity contribution in [2.45, 2.75) is 142 Å². The number of hydrogen-bond acceptors (Lipinski definition) is 10. The number of allylic oxidation sites excluding steroid dienone is 1. The van der Waals surface area contributed by atoms with E-state index in [1.54, 1.807) is 0 Å². The molecular formula is C37H56O10. The van der Waals surface area contributed by atoms with E-state index in [-0.39, 0.29) is 52.7 Å². The third-order valence-electron chi connectivity index (χ3n) is 14.3. The quantitative estimate of drug-likeness (QED) is 0.195. The van der Waals surface area contributed by atoms with E-state index in [4.69, 9.17) is 18.9 Å². The summed E-state index contributed by atoms with van der Waals surface area (Å²) in [4.78, 5) is 23.8.